The monoisotopic (exact) mass is 262 g/mol. The lowest BCUT2D eigenvalue weighted by atomic mass is 10.0. The number of piperidine rings is 1. The Hall–Kier alpha value is -1.57. The molecular weight excluding hydrogens is 246 g/mol. The van der Waals surface area contributed by atoms with E-state index in [-0.39, 0.29) is 18.8 Å². The number of hydrogen-bond donors (Lipinski definition) is 2. The minimum Gasteiger partial charge on any atom is -0.387 e. The van der Waals surface area contributed by atoms with Crippen LogP contribution in [-0.2, 0) is 0 Å². The molecule has 0 spiro atoms. The van der Waals surface area contributed by atoms with Crippen molar-refractivity contribution >= 4 is 5.91 Å². The topological polar surface area (TPSA) is 82.1 Å². The molecule has 1 aromatic rings. The smallest absolute Gasteiger partial charge is 0.291 e. The third kappa shape index (κ3) is 3.00. The molecule has 8 heteroatoms. The van der Waals surface area contributed by atoms with E-state index < -0.39 is 24.5 Å². The quantitative estimate of drug-likeness (QED) is 0.779. The van der Waals surface area contributed by atoms with Crippen molar-refractivity contribution < 1.29 is 18.7 Å². The lowest BCUT2D eigenvalue weighted by Gasteiger charge is -2.35. The van der Waals surface area contributed by atoms with Crippen LogP contribution in [0.5, 0.6) is 0 Å². The van der Waals surface area contributed by atoms with Gasteiger partial charge in [-0.2, -0.15) is 5.10 Å². The number of alkyl halides is 2. The molecule has 0 saturated carbocycles. The Labute approximate surface area is 103 Å². The number of H-pyrrole nitrogens is 1. The fraction of sp³-hybridized carbons (Fsp3) is 0.700. The van der Waals surface area contributed by atoms with Gasteiger partial charge in [0.25, 0.3) is 11.8 Å². The van der Waals surface area contributed by atoms with E-state index in [0.29, 0.717) is 0 Å². The fourth-order valence-corrected chi connectivity index (χ4v) is 1.56. The maximum absolute atomic E-state index is 13.2. The summed E-state index contributed by atoms with van der Waals surface area (Å²) in [5.41, 5.74) is 0. The van der Waals surface area contributed by atoms with Gasteiger partial charge in [-0.25, -0.2) is 13.8 Å². The molecule has 0 bridgehead atoms. The Morgan fingerprint density at radius 1 is 1.61 bits per heavy atom. The first-order valence-corrected chi connectivity index (χ1v) is 5.71. The molecule has 2 rings (SSSR count). The minimum absolute atomic E-state index is 0.0767. The molecular formula is C10H16F2N4O2. The average molecular weight is 262 g/mol. The molecule has 1 saturated heterocycles. The van der Waals surface area contributed by atoms with E-state index in [4.69, 9.17) is 5.11 Å². The van der Waals surface area contributed by atoms with Crippen molar-refractivity contribution in [1.29, 1.82) is 0 Å². The Morgan fingerprint density at radius 2 is 2.28 bits per heavy atom. The number of aromatic amines is 1. The zero-order valence-electron chi connectivity index (χ0n) is 10.2. The highest BCUT2D eigenvalue weighted by molar-refractivity contribution is 5.90. The number of carbonyl (C=O) groups excluding carboxylic acids is 1. The van der Waals surface area contributed by atoms with Crippen LogP contribution in [0.4, 0.5) is 8.78 Å². The summed E-state index contributed by atoms with van der Waals surface area (Å²) < 4.78 is 26.3. The third-order valence-electron chi connectivity index (χ3n) is 2.47. The summed E-state index contributed by atoms with van der Waals surface area (Å²) in [4.78, 5) is 16.2. The maximum Gasteiger partial charge on any atom is 0.291 e. The van der Waals surface area contributed by atoms with Gasteiger partial charge < -0.3 is 10.0 Å². The summed E-state index contributed by atoms with van der Waals surface area (Å²) in [6.07, 6.45) is -0.705. The highest BCUT2D eigenvalue weighted by atomic mass is 19.3. The summed E-state index contributed by atoms with van der Waals surface area (Å²) >= 11 is 0. The molecule has 6 nitrogen and oxygen atoms in total. The van der Waals surface area contributed by atoms with Crippen LogP contribution >= 0.6 is 0 Å². The molecule has 1 aromatic heterocycles. The van der Waals surface area contributed by atoms with Gasteiger partial charge in [0.2, 0.25) is 5.82 Å². The highest BCUT2D eigenvalue weighted by Crippen LogP contribution is 2.27. The molecule has 1 aliphatic rings. The van der Waals surface area contributed by atoms with Gasteiger partial charge in [0.15, 0.2) is 0 Å². The molecule has 1 atom stereocenters. The lowest BCUT2D eigenvalue weighted by Crippen LogP contribution is -2.53. The van der Waals surface area contributed by atoms with E-state index in [2.05, 4.69) is 15.2 Å². The predicted molar refractivity (Wildman–Crippen MR) is 59.2 cm³/mol. The normalized spacial score (nSPS) is 22.1. The van der Waals surface area contributed by atoms with Crippen LogP contribution in [0.1, 0.15) is 30.9 Å². The number of halogens is 2. The molecule has 102 valence electrons. The molecule has 1 fully saturated rings. The molecule has 1 amide bonds. The Kier molecular flexibility index (Phi) is 4.71. The van der Waals surface area contributed by atoms with Crippen LogP contribution in [-0.4, -0.2) is 56.2 Å². The molecule has 18 heavy (non-hydrogen) atoms. The van der Waals surface area contributed by atoms with Gasteiger partial charge in [0, 0.05) is 6.54 Å². The molecule has 1 aliphatic heterocycles. The van der Waals surface area contributed by atoms with E-state index in [1.54, 1.807) is 0 Å². The average Bonchev–Trinajstić information content (AvgIpc) is 2.88. The number of aliphatic hydroxyl groups is 1. The number of nitrogens with one attached hydrogen (secondary N) is 1. The standard InChI is InChI=1S/C8H10F2N4O2.C2H6/c9-8(10)3-14(2-1-5(8)15)7(16)6-11-4-12-13-6;1-2/h4-5,15H,1-3H2,(H,11,12,13);1-2H3/t5-;/m0./s1. The zero-order chi connectivity index (χ0) is 13.8. The van der Waals surface area contributed by atoms with Crippen molar-refractivity contribution in [2.24, 2.45) is 0 Å². The van der Waals surface area contributed by atoms with Gasteiger partial charge in [-0.3, -0.25) is 9.89 Å². The van der Waals surface area contributed by atoms with Crippen LogP contribution < -0.4 is 0 Å². The summed E-state index contributed by atoms with van der Waals surface area (Å²) in [6, 6.07) is 0. The van der Waals surface area contributed by atoms with E-state index >= 15 is 0 Å². The molecule has 2 N–H and O–H groups in total. The second-order valence-corrected chi connectivity index (χ2v) is 3.63. The molecule has 2 heterocycles. The number of likely N-dealkylation sites (tertiary alicyclic amines) is 1. The molecule has 0 radical (unpaired) electrons. The van der Waals surface area contributed by atoms with Crippen LogP contribution in [0.15, 0.2) is 6.33 Å². The van der Waals surface area contributed by atoms with E-state index in [1.807, 2.05) is 13.8 Å². The van der Waals surface area contributed by atoms with Crippen molar-refractivity contribution in [3.8, 4) is 0 Å². The first kappa shape index (κ1) is 14.5. The number of aromatic nitrogens is 3. The maximum atomic E-state index is 13.2. The largest absolute Gasteiger partial charge is 0.387 e. The van der Waals surface area contributed by atoms with Crippen molar-refractivity contribution in [2.75, 3.05) is 13.1 Å². The van der Waals surface area contributed by atoms with E-state index in [0.717, 1.165) is 11.2 Å². The zero-order valence-corrected chi connectivity index (χ0v) is 10.2. The SMILES string of the molecule is CC.O=C(c1ncn[nH]1)N1CC[C@H](O)C(F)(F)C1. The molecule has 0 aliphatic carbocycles. The molecule has 0 aromatic carbocycles. The van der Waals surface area contributed by atoms with Crippen LogP contribution in [0.2, 0.25) is 0 Å². The second kappa shape index (κ2) is 5.85. The number of aliphatic hydroxyl groups excluding tert-OH is 1. The number of carbonyl (C=O) groups is 1. The van der Waals surface area contributed by atoms with Gasteiger partial charge >= 0.3 is 0 Å². The van der Waals surface area contributed by atoms with Gasteiger partial charge in [-0.15, -0.1) is 0 Å². The number of amides is 1. The fourth-order valence-electron chi connectivity index (χ4n) is 1.56. The second-order valence-electron chi connectivity index (χ2n) is 3.63. The van der Waals surface area contributed by atoms with Gasteiger partial charge in [-0.05, 0) is 6.42 Å². The summed E-state index contributed by atoms with van der Waals surface area (Å²) in [7, 11) is 0. The van der Waals surface area contributed by atoms with Crippen LogP contribution in [0.25, 0.3) is 0 Å². The van der Waals surface area contributed by atoms with E-state index in [9.17, 15) is 13.6 Å². The summed E-state index contributed by atoms with van der Waals surface area (Å²) in [5, 5.41) is 14.8. The third-order valence-corrected chi connectivity index (χ3v) is 2.47. The van der Waals surface area contributed by atoms with Crippen LogP contribution in [0, 0.1) is 0 Å². The number of rotatable bonds is 1. The number of hydrogen-bond acceptors (Lipinski definition) is 4. The minimum atomic E-state index is -3.27. The Balaban J connectivity index is 0.000000771. The van der Waals surface area contributed by atoms with E-state index in [1.165, 1.54) is 0 Å². The Morgan fingerprint density at radius 3 is 2.78 bits per heavy atom. The Bertz CT molecular complexity index is 383. The van der Waals surface area contributed by atoms with Crippen LogP contribution in [0.3, 0.4) is 0 Å². The first-order valence-electron chi connectivity index (χ1n) is 5.71. The lowest BCUT2D eigenvalue weighted by molar-refractivity contribution is -0.142. The van der Waals surface area contributed by atoms with Crippen molar-refractivity contribution in [2.45, 2.75) is 32.3 Å². The van der Waals surface area contributed by atoms with Gasteiger partial charge in [-0.1, -0.05) is 13.8 Å². The van der Waals surface area contributed by atoms with Crippen molar-refractivity contribution in [1.82, 2.24) is 20.1 Å². The van der Waals surface area contributed by atoms with Gasteiger partial charge in [0.1, 0.15) is 12.4 Å². The highest BCUT2D eigenvalue weighted by Gasteiger charge is 2.45. The molecule has 0 unspecified atom stereocenters. The summed E-state index contributed by atoms with van der Waals surface area (Å²) in [6.45, 7) is 3.28. The predicted octanol–water partition coefficient (Wildman–Crippen LogP) is 0.673. The van der Waals surface area contributed by atoms with Crippen molar-refractivity contribution in [3.05, 3.63) is 12.2 Å². The summed E-state index contributed by atoms with van der Waals surface area (Å²) in [5.74, 6) is -3.98. The first-order chi connectivity index (χ1) is 8.50. The van der Waals surface area contributed by atoms with Crippen molar-refractivity contribution in [3.63, 3.8) is 0 Å². The van der Waals surface area contributed by atoms with Gasteiger partial charge in [0.05, 0.1) is 6.54 Å². The number of nitrogens with zero attached hydrogens (tertiary/aromatic N) is 3.